The number of amidine groups is 1. The average molecular weight is 362 g/mol. The maximum atomic E-state index is 12.9. The summed E-state index contributed by atoms with van der Waals surface area (Å²) in [6.45, 7) is 0. The van der Waals surface area contributed by atoms with Crippen LogP contribution in [0, 0.1) is 0 Å². The number of nitrogens with one attached hydrogen (secondary N) is 1. The zero-order valence-electron chi connectivity index (χ0n) is 11.1. The Balaban J connectivity index is 2.18. The average Bonchev–Trinajstić information content (AvgIpc) is 2.47. The van der Waals surface area contributed by atoms with Crippen molar-refractivity contribution in [2.75, 3.05) is 5.32 Å². The number of nitrogens with zero attached hydrogens (tertiary/aromatic N) is 2. The normalized spacial score (nSPS) is 16.3. The van der Waals surface area contributed by atoms with Crippen molar-refractivity contribution in [3.8, 4) is 0 Å². The van der Waals surface area contributed by atoms with E-state index in [4.69, 9.17) is 11.6 Å². The van der Waals surface area contributed by atoms with Crippen LogP contribution in [0.2, 0.25) is 5.02 Å². The fourth-order valence-corrected chi connectivity index (χ4v) is 3.51. The summed E-state index contributed by atoms with van der Waals surface area (Å²) in [6, 6.07) is 4.47. The van der Waals surface area contributed by atoms with Gasteiger partial charge in [-0.3, -0.25) is 4.98 Å². The molecule has 0 bridgehead atoms. The van der Waals surface area contributed by atoms with Crippen molar-refractivity contribution in [2.45, 2.75) is 11.1 Å². The second-order valence-electron chi connectivity index (χ2n) is 4.61. The van der Waals surface area contributed by atoms with E-state index in [1.807, 2.05) is 0 Å². The molecule has 0 amide bonds. The Bertz CT molecular complexity index is 912. The van der Waals surface area contributed by atoms with Crippen LogP contribution in [0.5, 0.6) is 0 Å². The van der Waals surface area contributed by atoms with Gasteiger partial charge in [0.1, 0.15) is 4.90 Å². The molecule has 0 fully saturated rings. The molecule has 1 aromatic heterocycles. The van der Waals surface area contributed by atoms with Crippen LogP contribution < -0.4 is 5.32 Å². The maximum absolute atomic E-state index is 12.9. The highest BCUT2D eigenvalue weighted by Crippen LogP contribution is 2.40. The topological polar surface area (TPSA) is 71.4 Å². The molecule has 5 nitrogen and oxygen atoms in total. The Morgan fingerprint density at radius 3 is 2.57 bits per heavy atom. The lowest BCUT2D eigenvalue weighted by Gasteiger charge is -2.20. The van der Waals surface area contributed by atoms with E-state index in [1.54, 1.807) is 6.07 Å². The lowest BCUT2D eigenvalue weighted by Crippen LogP contribution is -2.23. The van der Waals surface area contributed by atoms with Gasteiger partial charge in [-0.25, -0.2) is 0 Å². The van der Waals surface area contributed by atoms with Crippen LogP contribution in [0.3, 0.4) is 0 Å². The smallest absolute Gasteiger partial charge is 0.338 e. The van der Waals surface area contributed by atoms with Gasteiger partial charge in [0.25, 0.3) is 10.0 Å². The summed E-state index contributed by atoms with van der Waals surface area (Å²) in [5.74, 6) is -0.110. The Kier molecular flexibility index (Phi) is 3.56. The van der Waals surface area contributed by atoms with E-state index < -0.39 is 31.7 Å². The summed E-state index contributed by atoms with van der Waals surface area (Å²) < 4.78 is 66.7. The van der Waals surface area contributed by atoms with E-state index in [2.05, 4.69) is 14.7 Å². The molecule has 120 valence electrons. The fourth-order valence-electron chi connectivity index (χ4n) is 2.03. The van der Waals surface area contributed by atoms with Gasteiger partial charge in [-0.05, 0) is 24.3 Å². The molecule has 1 aliphatic heterocycles. The van der Waals surface area contributed by atoms with Crippen molar-refractivity contribution in [3.63, 3.8) is 0 Å². The third kappa shape index (κ3) is 2.89. The molecule has 0 radical (unpaired) electrons. The first-order valence-electron chi connectivity index (χ1n) is 6.11. The van der Waals surface area contributed by atoms with Crippen LogP contribution in [0.4, 0.5) is 18.9 Å². The van der Waals surface area contributed by atoms with Crippen molar-refractivity contribution in [3.05, 3.63) is 52.8 Å². The minimum atomic E-state index is -4.71. The van der Waals surface area contributed by atoms with Crippen molar-refractivity contribution >= 4 is 33.1 Å². The van der Waals surface area contributed by atoms with Gasteiger partial charge < -0.3 is 5.32 Å². The van der Waals surface area contributed by atoms with Gasteiger partial charge in [-0.1, -0.05) is 11.6 Å². The number of hydrogen-bond acceptors (Lipinski definition) is 4. The van der Waals surface area contributed by atoms with E-state index in [1.165, 1.54) is 18.5 Å². The zero-order valence-corrected chi connectivity index (χ0v) is 12.7. The van der Waals surface area contributed by atoms with E-state index in [-0.39, 0.29) is 11.5 Å². The molecule has 0 aliphatic carbocycles. The quantitative estimate of drug-likeness (QED) is 0.845. The Labute approximate surface area is 133 Å². The highest BCUT2D eigenvalue weighted by atomic mass is 35.5. The van der Waals surface area contributed by atoms with E-state index in [0.717, 1.165) is 6.07 Å². The minimum Gasteiger partial charge on any atom is -0.338 e. The molecule has 23 heavy (non-hydrogen) atoms. The summed E-state index contributed by atoms with van der Waals surface area (Å²) in [6.07, 6.45) is -1.90. The van der Waals surface area contributed by atoms with Crippen LogP contribution in [-0.2, 0) is 16.2 Å². The first-order chi connectivity index (χ1) is 10.7. The van der Waals surface area contributed by atoms with E-state index >= 15 is 0 Å². The van der Waals surface area contributed by atoms with Gasteiger partial charge in [0.2, 0.25) is 0 Å². The lowest BCUT2D eigenvalue weighted by atomic mass is 10.1. The number of aromatic nitrogens is 1. The number of anilines is 1. The third-order valence-electron chi connectivity index (χ3n) is 3.05. The third-order valence-corrected chi connectivity index (χ3v) is 4.68. The molecule has 1 aromatic carbocycles. The Morgan fingerprint density at radius 1 is 1.22 bits per heavy atom. The van der Waals surface area contributed by atoms with E-state index in [0.29, 0.717) is 11.6 Å². The van der Waals surface area contributed by atoms with Gasteiger partial charge in [-0.15, -0.1) is 4.40 Å². The van der Waals surface area contributed by atoms with Gasteiger partial charge in [0.05, 0.1) is 16.3 Å². The van der Waals surface area contributed by atoms with Crippen LogP contribution in [0.25, 0.3) is 0 Å². The van der Waals surface area contributed by atoms with Crippen molar-refractivity contribution in [1.29, 1.82) is 0 Å². The van der Waals surface area contributed by atoms with Crippen molar-refractivity contribution in [2.24, 2.45) is 4.40 Å². The van der Waals surface area contributed by atoms with Crippen LogP contribution >= 0.6 is 11.6 Å². The van der Waals surface area contributed by atoms with Crippen LogP contribution in [0.15, 0.2) is 46.0 Å². The largest absolute Gasteiger partial charge is 0.417 e. The molecule has 10 heteroatoms. The Morgan fingerprint density at radius 2 is 1.96 bits per heavy atom. The standard InChI is InChI=1S/C13H7ClF3N3O2S/c14-9-5-11-10(4-8(9)13(15,16)17)19-12(20-23(11,21)22)7-2-1-3-18-6-7/h1-6H,(H,19,20). The summed E-state index contributed by atoms with van der Waals surface area (Å²) in [5.41, 5.74) is -1.05. The highest BCUT2D eigenvalue weighted by Gasteiger charge is 2.36. The monoisotopic (exact) mass is 361 g/mol. The van der Waals surface area contributed by atoms with Crippen LogP contribution in [0.1, 0.15) is 11.1 Å². The molecule has 0 unspecified atom stereocenters. The molecule has 0 saturated heterocycles. The van der Waals surface area contributed by atoms with Crippen LogP contribution in [-0.4, -0.2) is 19.2 Å². The fraction of sp³-hybridized carbons (Fsp3) is 0.0769. The summed E-state index contributed by atoms with van der Waals surface area (Å²) >= 11 is 5.56. The van der Waals surface area contributed by atoms with Gasteiger partial charge >= 0.3 is 6.18 Å². The van der Waals surface area contributed by atoms with Crippen molar-refractivity contribution in [1.82, 2.24) is 4.98 Å². The summed E-state index contributed by atoms with van der Waals surface area (Å²) in [5, 5.41) is 1.87. The first-order valence-corrected chi connectivity index (χ1v) is 7.93. The molecular formula is C13H7ClF3N3O2S. The molecule has 3 rings (SSSR count). The predicted octanol–water partition coefficient (Wildman–Crippen LogP) is 3.31. The number of rotatable bonds is 1. The molecule has 0 atom stereocenters. The molecule has 0 spiro atoms. The molecular weight excluding hydrogens is 355 g/mol. The summed E-state index contributed by atoms with van der Waals surface area (Å²) in [4.78, 5) is 3.40. The molecule has 1 aliphatic rings. The van der Waals surface area contributed by atoms with Gasteiger partial charge in [0, 0.05) is 18.0 Å². The number of pyridine rings is 1. The summed E-state index contributed by atoms with van der Waals surface area (Å²) in [7, 11) is -4.18. The highest BCUT2D eigenvalue weighted by molar-refractivity contribution is 7.90. The number of halogens is 4. The number of sulfonamides is 1. The number of alkyl halides is 3. The second kappa shape index (κ2) is 5.20. The number of fused-ring (bicyclic) bond motifs is 1. The molecule has 2 heterocycles. The number of hydrogen-bond donors (Lipinski definition) is 1. The van der Waals surface area contributed by atoms with E-state index in [9.17, 15) is 21.6 Å². The molecule has 0 saturated carbocycles. The first kappa shape index (κ1) is 15.8. The van der Waals surface area contributed by atoms with Gasteiger partial charge in [-0.2, -0.15) is 21.6 Å². The zero-order chi connectivity index (χ0) is 16.8. The second-order valence-corrected chi connectivity index (χ2v) is 6.59. The van der Waals surface area contributed by atoms with Crippen molar-refractivity contribution < 1.29 is 21.6 Å². The molecule has 2 aromatic rings. The SMILES string of the molecule is O=S1(=O)N=C(c2cccnc2)Nc2cc(C(F)(F)F)c(Cl)cc21. The number of benzene rings is 1. The minimum absolute atomic E-state index is 0.110. The maximum Gasteiger partial charge on any atom is 0.417 e. The van der Waals surface area contributed by atoms with Gasteiger partial charge in [0.15, 0.2) is 5.84 Å². The molecule has 1 N–H and O–H groups in total. The predicted molar refractivity (Wildman–Crippen MR) is 78.0 cm³/mol. The lowest BCUT2D eigenvalue weighted by molar-refractivity contribution is -0.137. The Hall–Kier alpha value is -2.13.